The molecule has 1 aromatic carbocycles. The van der Waals surface area contributed by atoms with Crippen LogP contribution in [-0.2, 0) is 21.1 Å². The van der Waals surface area contributed by atoms with Crippen LogP contribution in [-0.4, -0.2) is 50.9 Å². The Labute approximate surface area is 156 Å². The SMILES string of the molecule is COc1ccc(CCC2CCN(C(=O)CC3CCS(=O)(=O)C3)CC2)cc1. The van der Waals surface area contributed by atoms with Gasteiger partial charge in [-0.25, -0.2) is 8.42 Å². The normalized spacial score (nSPS) is 23.1. The lowest BCUT2D eigenvalue weighted by Crippen LogP contribution is -2.39. The summed E-state index contributed by atoms with van der Waals surface area (Å²) in [6, 6.07) is 8.24. The zero-order chi connectivity index (χ0) is 18.6. The third-order valence-electron chi connectivity index (χ3n) is 5.76. The third-order valence-corrected chi connectivity index (χ3v) is 7.59. The van der Waals surface area contributed by atoms with E-state index < -0.39 is 9.84 Å². The molecule has 0 spiro atoms. The molecule has 2 saturated heterocycles. The Morgan fingerprint density at radius 2 is 1.81 bits per heavy atom. The number of piperidine rings is 1. The van der Waals surface area contributed by atoms with E-state index in [2.05, 4.69) is 12.1 Å². The van der Waals surface area contributed by atoms with Gasteiger partial charge < -0.3 is 9.64 Å². The lowest BCUT2D eigenvalue weighted by atomic mass is 9.90. The van der Waals surface area contributed by atoms with Gasteiger partial charge in [-0.05, 0) is 61.6 Å². The lowest BCUT2D eigenvalue weighted by Gasteiger charge is -2.32. The van der Waals surface area contributed by atoms with Gasteiger partial charge in [-0.1, -0.05) is 12.1 Å². The maximum absolute atomic E-state index is 12.4. The first-order valence-electron chi connectivity index (χ1n) is 9.56. The molecule has 1 unspecified atom stereocenters. The number of nitrogens with zero attached hydrogens (tertiary/aromatic N) is 1. The molecule has 0 saturated carbocycles. The minimum atomic E-state index is -2.90. The van der Waals surface area contributed by atoms with E-state index in [0.29, 0.717) is 18.8 Å². The van der Waals surface area contributed by atoms with Crippen molar-refractivity contribution in [2.45, 2.75) is 38.5 Å². The quantitative estimate of drug-likeness (QED) is 0.762. The van der Waals surface area contributed by atoms with Gasteiger partial charge in [0.15, 0.2) is 9.84 Å². The van der Waals surface area contributed by atoms with Crippen LogP contribution in [0.25, 0.3) is 0 Å². The largest absolute Gasteiger partial charge is 0.497 e. The van der Waals surface area contributed by atoms with Gasteiger partial charge in [-0.15, -0.1) is 0 Å². The molecule has 2 aliphatic heterocycles. The second-order valence-electron chi connectivity index (χ2n) is 7.68. The van der Waals surface area contributed by atoms with E-state index in [1.165, 1.54) is 5.56 Å². The van der Waals surface area contributed by atoms with Crippen LogP contribution in [0.3, 0.4) is 0 Å². The maximum Gasteiger partial charge on any atom is 0.222 e. The fourth-order valence-electron chi connectivity index (χ4n) is 4.04. The zero-order valence-electron chi connectivity index (χ0n) is 15.5. The summed E-state index contributed by atoms with van der Waals surface area (Å²) in [4.78, 5) is 14.4. The van der Waals surface area contributed by atoms with Crippen molar-refractivity contribution < 1.29 is 17.9 Å². The summed E-state index contributed by atoms with van der Waals surface area (Å²) in [5, 5.41) is 0. The standard InChI is InChI=1S/C20H29NO4S/c1-25-19-6-4-16(5-7-19)2-3-17-8-11-21(12-9-17)20(22)14-18-10-13-26(23,24)15-18/h4-7,17-18H,2-3,8-15H2,1H3. The minimum Gasteiger partial charge on any atom is -0.497 e. The van der Waals surface area contributed by atoms with Crippen molar-refractivity contribution in [1.29, 1.82) is 0 Å². The fraction of sp³-hybridized carbons (Fsp3) is 0.650. The van der Waals surface area contributed by atoms with Crippen molar-refractivity contribution in [3.63, 3.8) is 0 Å². The minimum absolute atomic E-state index is 0.0281. The molecule has 0 aliphatic carbocycles. The first-order chi connectivity index (χ1) is 12.4. The molecule has 2 heterocycles. The first-order valence-corrected chi connectivity index (χ1v) is 11.4. The number of methoxy groups -OCH3 is 1. The van der Waals surface area contributed by atoms with E-state index in [1.807, 2.05) is 17.0 Å². The molecule has 0 bridgehead atoms. The highest BCUT2D eigenvalue weighted by Crippen LogP contribution is 2.26. The number of rotatable bonds is 6. The first kappa shape index (κ1) is 19.2. The number of carbonyl (C=O) groups excluding carboxylic acids is 1. The molecule has 0 N–H and O–H groups in total. The average Bonchev–Trinajstić information content (AvgIpc) is 2.99. The summed E-state index contributed by atoms with van der Waals surface area (Å²) < 4.78 is 28.3. The molecular weight excluding hydrogens is 350 g/mol. The van der Waals surface area contributed by atoms with Crippen molar-refractivity contribution in [1.82, 2.24) is 4.90 Å². The Kier molecular flexibility index (Phi) is 6.22. The second kappa shape index (κ2) is 8.42. The fourth-order valence-corrected chi connectivity index (χ4v) is 5.90. The molecule has 2 aliphatic rings. The van der Waals surface area contributed by atoms with Crippen LogP contribution in [0.1, 0.15) is 37.7 Å². The van der Waals surface area contributed by atoms with Crippen LogP contribution in [0.15, 0.2) is 24.3 Å². The van der Waals surface area contributed by atoms with Crippen molar-refractivity contribution in [2.24, 2.45) is 11.8 Å². The van der Waals surface area contributed by atoms with Gasteiger partial charge in [-0.3, -0.25) is 4.79 Å². The number of amides is 1. The summed E-state index contributed by atoms with van der Waals surface area (Å²) in [5.41, 5.74) is 1.33. The maximum atomic E-state index is 12.4. The van der Waals surface area contributed by atoms with E-state index in [1.54, 1.807) is 7.11 Å². The number of hydrogen-bond acceptors (Lipinski definition) is 4. The van der Waals surface area contributed by atoms with Crippen molar-refractivity contribution in [2.75, 3.05) is 31.7 Å². The third kappa shape index (κ3) is 5.22. The van der Waals surface area contributed by atoms with Crippen molar-refractivity contribution >= 4 is 15.7 Å². The number of likely N-dealkylation sites (tertiary alicyclic amines) is 1. The van der Waals surface area contributed by atoms with E-state index in [4.69, 9.17) is 4.74 Å². The molecule has 1 amide bonds. The number of sulfone groups is 1. The highest BCUT2D eigenvalue weighted by Gasteiger charge is 2.31. The van der Waals surface area contributed by atoms with Gasteiger partial charge in [0, 0.05) is 19.5 Å². The summed E-state index contributed by atoms with van der Waals surface area (Å²) >= 11 is 0. The average molecular weight is 380 g/mol. The van der Waals surface area contributed by atoms with Gasteiger partial charge in [-0.2, -0.15) is 0 Å². The smallest absolute Gasteiger partial charge is 0.222 e. The van der Waals surface area contributed by atoms with Crippen LogP contribution in [0.4, 0.5) is 0 Å². The zero-order valence-corrected chi connectivity index (χ0v) is 16.3. The Morgan fingerprint density at radius 1 is 1.12 bits per heavy atom. The van der Waals surface area contributed by atoms with Crippen molar-refractivity contribution in [3.8, 4) is 5.75 Å². The van der Waals surface area contributed by atoms with Crippen LogP contribution < -0.4 is 4.74 Å². The molecule has 144 valence electrons. The number of hydrogen-bond donors (Lipinski definition) is 0. The van der Waals surface area contributed by atoms with E-state index in [-0.39, 0.29) is 23.3 Å². The van der Waals surface area contributed by atoms with Crippen LogP contribution in [0.5, 0.6) is 5.75 Å². The number of benzene rings is 1. The molecule has 0 radical (unpaired) electrons. The predicted octanol–water partition coefficient (Wildman–Crippen LogP) is 2.69. The monoisotopic (exact) mass is 379 g/mol. The Balaban J connectivity index is 1.38. The lowest BCUT2D eigenvalue weighted by molar-refractivity contribution is -0.133. The van der Waals surface area contributed by atoms with Gasteiger partial charge in [0.25, 0.3) is 0 Å². The van der Waals surface area contributed by atoms with E-state index in [9.17, 15) is 13.2 Å². The highest BCUT2D eigenvalue weighted by molar-refractivity contribution is 7.91. The van der Waals surface area contributed by atoms with E-state index in [0.717, 1.165) is 44.5 Å². The van der Waals surface area contributed by atoms with Gasteiger partial charge >= 0.3 is 0 Å². The molecular formula is C20H29NO4S. The van der Waals surface area contributed by atoms with Gasteiger partial charge in [0.05, 0.1) is 18.6 Å². The molecule has 1 aromatic rings. The Hall–Kier alpha value is -1.56. The Bertz CT molecular complexity index is 706. The predicted molar refractivity (Wildman–Crippen MR) is 102 cm³/mol. The van der Waals surface area contributed by atoms with Crippen LogP contribution >= 0.6 is 0 Å². The molecule has 2 fully saturated rings. The molecule has 26 heavy (non-hydrogen) atoms. The van der Waals surface area contributed by atoms with Crippen molar-refractivity contribution in [3.05, 3.63) is 29.8 Å². The van der Waals surface area contributed by atoms with Crippen LogP contribution in [0.2, 0.25) is 0 Å². The molecule has 0 aromatic heterocycles. The van der Waals surface area contributed by atoms with Gasteiger partial charge in [0.2, 0.25) is 5.91 Å². The molecule has 6 heteroatoms. The summed E-state index contributed by atoms with van der Waals surface area (Å²) in [7, 11) is -1.22. The van der Waals surface area contributed by atoms with Gasteiger partial charge in [0.1, 0.15) is 5.75 Å². The number of aryl methyl sites for hydroxylation is 1. The summed E-state index contributed by atoms with van der Waals surface area (Å²) in [5.74, 6) is 2.15. The Morgan fingerprint density at radius 3 is 2.38 bits per heavy atom. The molecule has 5 nitrogen and oxygen atoms in total. The summed E-state index contributed by atoms with van der Waals surface area (Å²) in [6.45, 7) is 1.62. The summed E-state index contributed by atoms with van der Waals surface area (Å²) in [6.07, 6.45) is 5.34. The molecule has 1 atom stereocenters. The molecule has 3 rings (SSSR count). The topological polar surface area (TPSA) is 63.7 Å². The van der Waals surface area contributed by atoms with E-state index >= 15 is 0 Å². The number of carbonyl (C=O) groups is 1. The second-order valence-corrected chi connectivity index (χ2v) is 9.91. The number of ether oxygens (including phenoxy) is 1. The highest BCUT2D eigenvalue weighted by atomic mass is 32.2. The van der Waals surface area contributed by atoms with Crippen LogP contribution in [0, 0.1) is 11.8 Å².